The molecule has 1 aliphatic heterocycles. The number of rotatable bonds is 1. The Hall–Kier alpha value is -4.96. The Morgan fingerprint density at radius 2 is 0.868 bits per heavy atom. The first-order chi connectivity index (χ1) is 18.9. The van der Waals surface area contributed by atoms with Crippen molar-refractivity contribution < 1.29 is 13.3 Å². The zero-order valence-corrected chi connectivity index (χ0v) is 20.3. The maximum absolute atomic E-state index is 6.77. The molecule has 4 heteroatoms. The standard InChI is InChI=1S/C34H19BO3/c1-2-12-22-21(11-1)30-24-13-4-7-18-28(24)37-33(30)35(34-31(22)25-14-5-8-19-29(25)38-34)26-16-9-15-23-20-10-3-6-17-27(20)36-32(23)26/h1-19H. The zero-order valence-electron chi connectivity index (χ0n) is 20.3. The highest BCUT2D eigenvalue weighted by molar-refractivity contribution is 6.97. The largest absolute Gasteiger partial charge is 0.469 e. The van der Waals surface area contributed by atoms with E-state index in [9.17, 15) is 0 Å². The Kier molecular flexibility index (Phi) is 3.87. The van der Waals surface area contributed by atoms with Gasteiger partial charge in [-0.05, 0) is 34.8 Å². The lowest BCUT2D eigenvalue weighted by molar-refractivity contribution is 0.639. The Bertz CT molecular complexity index is 2110. The third-order valence-electron chi connectivity index (χ3n) is 7.98. The Balaban J connectivity index is 1.49. The van der Waals surface area contributed by atoms with E-state index in [1.165, 1.54) is 0 Å². The summed E-state index contributed by atoms with van der Waals surface area (Å²) in [5.74, 6) is 0. The molecule has 9 rings (SSSR count). The topological polar surface area (TPSA) is 39.4 Å². The van der Waals surface area contributed by atoms with Crippen LogP contribution in [-0.2, 0) is 0 Å². The second-order valence-electron chi connectivity index (χ2n) is 9.98. The molecule has 0 saturated heterocycles. The predicted molar refractivity (Wildman–Crippen MR) is 155 cm³/mol. The van der Waals surface area contributed by atoms with Crippen molar-refractivity contribution in [3.63, 3.8) is 0 Å². The molecule has 38 heavy (non-hydrogen) atoms. The van der Waals surface area contributed by atoms with E-state index in [0.717, 1.165) is 82.9 Å². The van der Waals surface area contributed by atoms with Crippen LogP contribution in [0.15, 0.2) is 129 Å². The fourth-order valence-electron chi connectivity index (χ4n) is 6.41. The highest BCUT2D eigenvalue weighted by Gasteiger charge is 2.41. The summed E-state index contributed by atoms with van der Waals surface area (Å²) in [6.45, 7) is -0.295. The van der Waals surface area contributed by atoms with E-state index in [2.05, 4.69) is 78.9 Å². The minimum absolute atomic E-state index is 0.295. The first-order valence-electron chi connectivity index (χ1n) is 12.9. The summed E-state index contributed by atoms with van der Waals surface area (Å²) in [6, 6.07) is 39.8. The van der Waals surface area contributed by atoms with E-state index in [1.807, 2.05) is 36.4 Å². The minimum Gasteiger partial charge on any atom is -0.469 e. The fraction of sp³-hybridized carbons (Fsp3) is 0. The van der Waals surface area contributed by atoms with Crippen molar-refractivity contribution >= 4 is 67.4 Å². The number of para-hydroxylation sites is 4. The molecular formula is C34H19BO3. The molecule has 5 aromatic carbocycles. The Labute approximate surface area is 218 Å². The number of hydrogen-bond donors (Lipinski definition) is 0. The Morgan fingerprint density at radius 1 is 0.395 bits per heavy atom. The van der Waals surface area contributed by atoms with Gasteiger partial charge in [-0.1, -0.05) is 97.1 Å². The van der Waals surface area contributed by atoms with Crippen molar-refractivity contribution in [2.45, 2.75) is 0 Å². The maximum atomic E-state index is 6.77. The van der Waals surface area contributed by atoms with Crippen molar-refractivity contribution in [1.82, 2.24) is 0 Å². The molecule has 8 aromatic rings. The van der Waals surface area contributed by atoms with Gasteiger partial charge in [0.05, 0.1) is 11.3 Å². The van der Waals surface area contributed by atoms with Gasteiger partial charge in [0, 0.05) is 32.7 Å². The third-order valence-corrected chi connectivity index (χ3v) is 7.98. The third kappa shape index (κ3) is 2.54. The van der Waals surface area contributed by atoms with Crippen LogP contribution < -0.4 is 16.8 Å². The predicted octanol–water partition coefficient (Wildman–Crippen LogP) is 7.24. The second-order valence-corrected chi connectivity index (χ2v) is 9.98. The van der Waals surface area contributed by atoms with Crippen LogP contribution >= 0.6 is 0 Å². The molecule has 1 aliphatic rings. The van der Waals surface area contributed by atoms with Crippen molar-refractivity contribution in [2.24, 2.45) is 0 Å². The molecular weight excluding hydrogens is 467 g/mol. The number of fused-ring (bicyclic) bond motifs is 12. The lowest BCUT2D eigenvalue weighted by Gasteiger charge is -2.11. The zero-order chi connectivity index (χ0) is 24.8. The summed E-state index contributed by atoms with van der Waals surface area (Å²) in [5.41, 5.74) is 10.8. The smallest absolute Gasteiger partial charge is 0.337 e. The van der Waals surface area contributed by atoms with Crippen molar-refractivity contribution in [3.05, 3.63) is 115 Å². The first-order valence-corrected chi connectivity index (χ1v) is 12.9. The molecule has 0 amide bonds. The van der Waals surface area contributed by atoms with Gasteiger partial charge in [-0.3, -0.25) is 0 Å². The van der Waals surface area contributed by atoms with Gasteiger partial charge in [0.1, 0.15) is 22.3 Å². The van der Waals surface area contributed by atoms with Crippen LogP contribution in [0.4, 0.5) is 0 Å². The highest BCUT2D eigenvalue weighted by atomic mass is 16.4. The molecule has 3 nitrogen and oxygen atoms in total. The second kappa shape index (κ2) is 7.30. The van der Waals surface area contributed by atoms with E-state index in [-0.39, 0.29) is 6.71 Å². The number of furan rings is 3. The van der Waals surface area contributed by atoms with Gasteiger partial charge in [0.2, 0.25) is 0 Å². The van der Waals surface area contributed by atoms with Crippen molar-refractivity contribution in [3.8, 4) is 22.3 Å². The molecule has 0 aliphatic carbocycles. The van der Waals surface area contributed by atoms with Gasteiger partial charge in [-0.25, -0.2) is 0 Å². The maximum Gasteiger partial charge on any atom is 0.337 e. The van der Waals surface area contributed by atoms with Crippen molar-refractivity contribution in [2.75, 3.05) is 0 Å². The summed E-state index contributed by atoms with van der Waals surface area (Å²) >= 11 is 0. The van der Waals surface area contributed by atoms with Crippen LogP contribution in [0, 0.1) is 0 Å². The molecule has 0 fully saturated rings. The van der Waals surface area contributed by atoms with Gasteiger partial charge in [0.25, 0.3) is 0 Å². The summed E-state index contributed by atoms with van der Waals surface area (Å²) in [7, 11) is 0. The minimum atomic E-state index is -0.295. The molecule has 0 radical (unpaired) electrons. The van der Waals surface area contributed by atoms with Gasteiger partial charge in [-0.2, -0.15) is 0 Å². The molecule has 0 unspecified atom stereocenters. The van der Waals surface area contributed by atoms with Crippen LogP contribution in [0.2, 0.25) is 0 Å². The van der Waals surface area contributed by atoms with E-state index in [1.54, 1.807) is 0 Å². The first kappa shape index (κ1) is 20.1. The monoisotopic (exact) mass is 486 g/mol. The summed E-state index contributed by atoms with van der Waals surface area (Å²) < 4.78 is 20.1. The van der Waals surface area contributed by atoms with Crippen molar-refractivity contribution in [1.29, 1.82) is 0 Å². The molecule has 0 spiro atoms. The fourth-order valence-corrected chi connectivity index (χ4v) is 6.41. The van der Waals surface area contributed by atoms with E-state index >= 15 is 0 Å². The van der Waals surface area contributed by atoms with E-state index < -0.39 is 0 Å². The Morgan fingerprint density at radius 3 is 1.47 bits per heavy atom. The summed E-state index contributed by atoms with van der Waals surface area (Å²) in [4.78, 5) is 0. The van der Waals surface area contributed by atoms with Crippen LogP contribution in [0.25, 0.3) is 66.1 Å². The van der Waals surface area contributed by atoms with Gasteiger partial charge >= 0.3 is 6.71 Å². The molecule has 4 heterocycles. The normalized spacial score (nSPS) is 12.7. The van der Waals surface area contributed by atoms with Crippen LogP contribution in [-0.4, -0.2) is 6.71 Å². The van der Waals surface area contributed by atoms with Gasteiger partial charge in [0.15, 0.2) is 0 Å². The van der Waals surface area contributed by atoms with Crippen LogP contribution in [0.1, 0.15) is 0 Å². The average Bonchev–Trinajstić information content (AvgIpc) is 3.63. The average molecular weight is 486 g/mol. The van der Waals surface area contributed by atoms with Gasteiger partial charge in [-0.15, -0.1) is 0 Å². The lowest BCUT2D eigenvalue weighted by Crippen LogP contribution is -2.52. The van der Waals surface area contributed by atoms with Crippen LogP contribution in [0.3, 0.4) is 0 Å². The molecule has 176 valence electrons. The number of hydrogen-bond acceptors (Lipinski definition) is 3. The molecule has 3 aromatic heterocycles. The summed E-state index contributed by atoms with van der Waals surface area (Å²) in [5, 5.41) is 4.41. The molecule has 0 saturated carbocycles. The molecule has 0 N–H and O–H groups in total. The lowest BCUT2D eigenvalue weighted by atomic mass is 9.40. The quantitative estimate of drug-likeness (QED) is 0.230. The number of benzene rings is 5. The molecule has 0 atom stereocenters. The van der Waals surface area contributed by atoms with Crippen LogP contribution in [0.5, 0.6) is 0 Å². The SMILES string of the molecule is c1ccc2c(c1)-c1c(oc3ccccc13)B(c1cccc3c1oc1ccccc13)c1oc3ccccc3c1-2. The van der Waals surface area contributed by atoms with E-state index in [0.29, 0.717) is 0 Å². The van der Waals surface area contributed by atoms with Gasteiger partial charge < -0.3 is 13.3 Å². The highest BCUT2D eigenvalue weighted by Crippen LogP contribution is 2.42. The van der Waals surface area contributed by atoms with E-state index in [4.69, 9.17) is 13.3 Å². The summed E-state index contributed by atoms with van der Waals surface area (Å²) in [6.07, 6.45) is 0. The molecule has 0 bridgehead atoms.